The van der Waals surface area contributed by atoms with Crippen molar-refractivity contribution in [3.63, 3.8) is 0 Å². The molecule has 0 bridgehead atoms. The Labute approximate surface area is 106 Å². The predicted molar refractivity (Wildman–Crippen MR) is 69.2 cm³/mol. The minimum absolute atomic E-state index is 0.324. The lowest BCUT2D eigenvalue weighted by Gasteiger charge is -2.17. The van der Waals surface area contributed by atoms with Gasteiger partial charge in [0.05, 0.1) is 16.8 Å². The monoisotopic (exact) mass is 260 g/mol. The van der Waals surface area contributed by atoms with Crippen LogP contribution in [0.4, 0.5) is 10.1 Å². The average Bonchev–Trinajstić information content (AvgIpc) is 2.20. The van der Waals surface area contributed by atoms with Crippen molar-refractivity contribution >= 4 is 17.3 Å². The highest BCUT2D eigenvalue weighted by Crippen LogP contribution is 2.24. The number of anilines is 1. The maximum absolute atomic E-state index is 13.2. The average molecular weight is 261 g/mol. The van der Waals surface area contributed by atoms with E-state index in [1.54, 1.807) is 13.0 Å². The zero-order valence-electron chi connectivity index (χ0n) is 10.3. The van der Waals surface area contributed by atoms with Crippen molar-refractivity contribution in [1.82, 2.24) is 4.90 Å². The molecule has 2 N–H and O–H groups in total. The second kappa shape index (κ2) is 6.19. The van der Waals surface area contributed by atoms with E-state index in [4.69, 9.17) is 11.6 Å². The van der Waals surface area contributed by atoms with E-state index in [0.29, 0.717) is 29.4 Å². The van der Waals surface area contributed by atoms with Crippen LogP contribution < -0.4 is 5.32 Å². The summed E-state index contributed by atoms with van der Waals surface area (Å²) in [4.78, 5) is 1.89. The number of aliphatic hydroxyl groups excluding tert-OH is 1. The van der Waals surface area contributed by atoms with Crippen LogP contribution in [0.15, 0.2) is 12.1 Å². The van der Waals surface area contributed by atoms with E-state index in [0.717, 1.165) is 0 Å². The summed E-state index contributed by atoms with van der Waals surface area (Å²) in [5.41, 5.74) is 1.17. The van der Waals surface area contributed by atoms with Gasteiger partial charge in [0.25, 0.3) is 0 Å². The smallest absolute Gasteiger partial charge is 0.127 e. The zero-order valence-corrected chi connectivity index (χ0v) is 11.1. The summed E-state index contributed by atoms with van der Waals surface area (Å²) in [7, 11) is 3.77. The molecule has 0 saturated carbocycles. The number of hydrogen-bond donors (Lipinski definition) is 2. The summed E-state index contributed by atoms with van der Waals surface area (Å²) in [6, 6.07) is 2.91. The summed E-state index contributed by atoms with van der Waals surface area (Å²) < 4.78 is 13.2. The summed E-state index contributed by atoms with van der Waals surface area (Å²) in [5, 5.41) is 13.0. The Morgan fingerprint density at radius 2 is 2.12 bits per heavy atom. The third-order valence-corrected chi connectivity index (χ3v) is 2.67. The first-order valence-corrected chi connectivity index (χ1v) is 5.80. The van der Waals surface area contributed by atoms with Gasteiger partial charge < -0.3 is 15.3 Å². The lowest BCUT2D eigenvalue weighted by molar-refractivity contribution is 0.148. The maximum atomic E-state index is 13.2. The van der Waals surface area contributed by atoms with Gasteiger partial charge in [0.2, 0.25) is 0 Å². The molecule has 0 aromatic heterocycles. The third-order valence-electron chi connectivity index (χ3n) is 2.35. The summed E-state index contributed by atoms with van der Waals surface area (Å²) in [6.07, 6.45) is -0.494. The number of aryl methyl sites for hydroxylation is 1. The van der Waals surface area contributed by atoms with Crippen LogP contribution in [-0.4, -0.2) is 43.3 Å². The molecule has 0 heterocycles. The molecule has 0 aliphatic heterocycles. The molecular formula is C12H18ClFN2O. The standard InChI is InChI=1S/C12H18ClFN2O/c1-8-4-12(10(13)5-11(8)14)15-6-9(17)7-16(2)3/h4-5,9,15,17H,6-7H2,1-3H3. The van der Waals surface area contributed by atoms with Crippen LogP contribution in [0.5, 0.6) is 0 Å². The molecule has 1 atom stereocenters. The number of rotatable bonds is 5. The number of likely N-dealkylation sites (N-methyl/N-ethyl adjacent to an activating group) is 1. The van der Waals surface area contributed by atoms with Gasteiger partial charge in [0.15, 0.2) is 0 Å². The maximum Gasteiger partial charge on any atom is 0.127 e. The highest BCUT2D eigenvalue weighted by Gasteiger charge is 2.08. The van der Waals surface area contributed by atoms with Crippen molar-refractivity contribution in [1.29, 1.82) is 0 Å². The van der Waals surface area contributed by atoms with Crippen LogP contribution >= 0.6 is 11.6 Å². The number of halogens is 2. The van der Waals surface area contributed by atoms with E-state index in [1.807, 2.05) is 19.0 Å². The van der Waals surface area contributed by atoms with Crippen LogP contribution in [0, 0.1) is 12.7 Å². The molecular weight excluding hydrogens is 243 g/mol. The molecule has 96 valence electrons. The predicted octanol–water partition coefficient (Wildman–Crippen LogP) is 2.12. The molecule has 0 fully saturated rings. The van der Waals surface area contributed by atoms with Crippen LogP contribution in [0.1, 0.15) is 5.56 Å². The molecule has 1 unspecified atom stereocenters. The van der Waals surface area contributed by atoms with Gasteiger partial charge in [-0.25, -0.2) is 4.39 Å². The quantitative estimate of drug-likeness (QED) is 0.851. The fourth-order valence-corrected chi connectivity index (χ4v) is 1.72. The highest BCUT2D eigenvalue weighted by molar-refractivity contribution is 6.33. The first-order chi connectivity index (χ1) is 7.90. The lowest BCUT2D eigenvalue weighted by atomic mass is 10.2. The van der Waals surface area contributed by atoms with Gasteiger partial charge in [-0.2, -0.15) is 0 Å². The van der Waals surface area contributed by atoms with E-state index in [9.17, 15) is 9.50 Å². The molecule has 0 aliphatic rings. The molecule has 17 heavy (non-hydrogen) atoms. The normalized spacial score (nSPS) is 12.9. The largest absolute Gasteiger partial charge is 0.390 e. The minimum Gasteiger partial charge on any atom is -0.390 e. The zero-order chi connectivity index (χ0) is 13.0. The minimum atomic E-state index is -0.494. The van der Waals surface area contributed by atoms with Gasteiger partial charge >= 0.3 is 0 Å². The Morgan fingerprint density at radius 1 is 1.47 bits per heavy atom. The number of nitrogens with one attached hydrogen (secondary N) is 1. The summed E-state index contributed by atoms with van der Waals surface area (Å²) >= 11 is 5.90. The second-order valence-electron chi connectivity index (χ2n) is 4.38. The van der Waals surface area contributed by atoms with E-state index in [2.05, 4.69) is 5.32 Å². The van der Waals surface area contributed by atoms with Gasteiger partial charge in [-0.15, -0.1) is 0 Å². The van der Waals surface area contributed by atoms with Gasteiger partial charge in [0, 0.05) is 13.1 Å². The number of aliphatic hydroxyl groups is 1. The van der Waals surface area contributed by atoms with Crippen LogP contribution in [0.3, 0.4) is 0 Å². The number of nitrogens with zero attached hydrogens (tertiary/aromatic N) is 1. The molecule has 1 aromatic carbocycles. The van der Waals surface area contributed by atoms with Gasteiger partial charge in [0.1, 0.15) is 5.82 Å². The first-order valence-electron chi connectivity index (χ1n) is 5.42. The van der Waals surface area contributed by atoms with Crippen molar-refractivity contribution in [2.24, 2.45) is 0 Å². The molecule has 0 amide bonds. The molecule has 1 aromatic rings. The third kappa shape index (κ3) is 4.50. The Bertz CT molecular complexity index is 385. The van der Waals surface area contributed by atoms with Crippen LogP contribution in [-0.2, 0) is 0 Å². The Balaban J connectivity index is 2.60. The van der Waals surface area contributed by atoms with Crippen molar-refractivity contribution < 1.29 is 9.50 Å². The fraction of sp³-hybridized carbons (Fsp3) is 0.500. The molecule has 1 rings (SSSR count). The number of benzene rings is 1. The van der Waals surface area contributed by atoms with E-state index < -0.39 is 6.10 Å². The summed E-state index contributed by atoms with van der Waals surface area (Å²) in [5.74, 6) is -0.325. The Hall–Kier alpha value is -0.840. The molecule has 0 spiro atoms. The lowest BCUT2D eigenvalue weighted by Crippen LogP contribution is -2.31. The second-order valence-corrected chi connectivity index (χ2v) is 4.79. The topological polar surface area (TPSA) is 35.5 Å². The van der Waals surface area contributed by atoms with Gasteiger partial charge in [-0.3, -0.25) is 0 Å². The molecule has 0 saturated heterocycles. The van der Waals surface area contributed by atoms with Crippen molar-refractivity contribution in [2.45, 2.75) is 13.0 Å². The molecule has 0 radical (unpaired) electrons. The van der Waals surface area contributed by atoms with Crippen LogP contribution in [0.25, 0.3) is 0 Å². The summed E-state index contributed by atoms with van der Waals surface area (Å²) in [6.45, 7) is 2.61. The van der Waals surface area contributed by atoms with Gasteiger partial charge in [-0.1, -0.05) is 11.6 Å². The van der Waals surface area contributed by atoms with E-state index in [-0.39, 0.29) is 5.82 Å². The van der Waals surface area contributed by atoms with Crippen molar-refractivity contribution in [3.8, 4) is 0 Å². The Morgan fingerprint density at radius 3 is 2.71 bits per heavy atom. The molecule has 5 heteroatoms. The first kappa shape index (κ1) is 14.2. The SMILES string of the molecule is Cc1cc(NCC(O)CN(C)C)c(Cl)cc1F. The van der Waals surface area contributed by atoms with Crippen molar-refractivity contribution in [2.75, 3.05) is 32.5 Å². The van der Waals surface area contributed by atoms with E-state index in [1.165, 1.54) is 6.07 Å². The van der Waals surface area contributed by atoms with Gasteiger partial charge in [-0.05, 0) is 38.7 Å². The highest BCUT2D eigenvalue weighted by atomic mass is 35.5. The van der Waals surface area contributed by atoms with E-state index >= 15 is 0 Å². The molecule has 0 aliphatic carbocycles. The molecule has 3 nitrogen and oxygen atoms in total. The fourth-order valence-electron chi connectivity index (χ4n) is 1.51. The Kier molecular flexibility index (Phi) is 5.18. The number of hydrogen-bond acceptors (Lipinski definition) is 3. The van der Waals surface area contributed by atoms with Crippen LogP contribution in [0.2, 0.25) is 5.02 Å². The van der Waals surface area contributed by atoms with Crippen molar-refractivity contribution in [3.05, 3.63) is 28.5 Å².